The summed E-state index contributed by atoms with van der Waals surface area (Å²) in [5.74, 6) is 0.554. The minimum Gasteiger partial charge on any atom is -0.487 e. The van der Waals surface area contributed by atoms with Gasteiger partial charge in [0.2, 0.25) is 0 Å². The molecule has 2 rings (SSSR count). The van der Waals surface area contributed by atoms with Crippen LogP contribution in [0.3, 0.4) is 0 Å². The lowest BCUT2D eigenvalue weighted by molar-refractivity contribution is 0.280. The first-order valence-electron chi connectivity index (χ1n) is 5.73. The Hall–Kier alpha value is -1.23. The van der Waals surface area contributed by atoms with Crippen LogP contribution >= 0.6 is 23.2 Å². The van der Waals surface area contributed by atoms with E-state index in [2.05, 4.69) is 5.10 Å². The molecule has 0 saturated carbocycles. The Labute approximate surface area is 121 Å². The minimum atomic E-state index is -0.0481. The van der Waals surface area contributed by atoms with Crippen LogP contribution in [-0.4, -0.2) is 14.9 Å². The van der Waals surface area contributed by atoms with E-state index < -0.39 is 0 Å². The van der Waals surface area contributed by atoms with E-state index in [0.29, 0.717) is 22.5 Å². The normalized spacial score (nSPS) is 10.8. The van der Waals surface area contributed by atoms with Gasteiger partial charge in [0.15, 0.2) is 0 Å². The van der Waals surface area contributed by atoms with E-state index in [0.717, 1.165) is 16.8 Å². The Morgan fingerprint density at radius 2 is 2.11 bits per heavy atom. The summed E-state index contributed by atoms with van der Waals surface area (Å²) < 4.78 is 7.25. The average Bonchev–Trinajstić information content (AvgIpc) is 2.62. The van der Waals surface area contributed by atoms with Gasteiger partial charge in [-0.3, -0.25) is 4.68 Å². The third kappa shape index (κ3) is 3.03. The first-order valence-corrected chi connectivity index (χ1v) is 6.48. The topological polar surface area (TPSA) is 47.3 Å². The van der Waals surface area contributed by atoms with Gasteiger partial charge in [0, 0.05) is 12.6 Å². The maximum absolute atomic E-state index is 9.01. The van der Waals surface area contributed by atoms with Gasteiger partial charge in [-0.1, -0.05) is 29.3 Å². The lowest BCUT2D eigenvalue weighted by Crippen LogP contribution is -1.98. The highest BCUT2D eigenvalue weighted by Crippen LogP contribution is 2.28. The zero-order valence-electron chi connectivity index (χ0n) is 10.7. The third-order valence-corrected chi connectivity index (χ3v) is 3.59. The van der Waals surface area contributed by atoms with Crippen molar-refractivity contribution in [2.45, 2.75) is 20.1 Å². The van der Waals surface area contributed by atoms with E-state index in [9.17, 15) is 0 Å². The predicted octanol–water partition coefficient (Wildman–Crippen LogP) is 3.11. The molecule has 0 bridgehead atoms. The highest BCUT2D eigenvalue weighted by Gasteiger charge is 2.12. The van der Waals surface area contributed by atoms with Gasteiger partial charge in [-0.25, -0.2) is 0 Å². The molecule has 0 unspecified atom stereocenters. The molecule has 1 aromatic heterocycles. The van der Waals surface area contributed by atoms with Crippen LogP contribution in [-0.2, 0) is 20.3 Å². The Morgan fingerprint density at radius 1 is 1.37 bits per heavy atom. The number of aliphatic hydroxyl groups excluding tert-OH is 1. The average molecular weight is 301 g/mol. The smallest absolute Gasteiger partial charge is 0.138 e. The number of hydrogen-bond donors (Lipinski definition) is 1. The zero-order valence-corrected chi connectivity index (χ0v) is 12.2. The van der Waals surface area contributed by atoms with Crippen LogP contribution in [0.15, 0.2) is 18.2 Å². The number of aliphatic hydroxyl groups is 1. The van der Waals surface area contributed by atoms with Gasteiger partial charge in [-0.2, -0.15) is 5.10 Å². The molecular weight excluding hydrogens is 287 g/mol. The molecule has 0 saturated heterocycles. The van der Waals surface area contributed by atoms with E-state index in [1.165, 1.54) is 0 Å². The van der Waals surface area contributed by atoms with Gasteiger partial charge < -0.3 is 9.84 Å². The number of halogens is 2. The summed E-state index contributed by atoms with van der Waals surface area (Å²) in [6, 6.07) is 5.17. The minimum absolute atomic E-state index is 0.0481. The maximum atomic E-state index is 9.01. The number of ether oxygens (including phenoxy) is 1. The molecule has 1 aromatic carbocycles. The summed E-state index contributed by atoms with van der Waals surface area (Å²) in [5, 5.41) is 14.2. The molecule has 6 heteroatoms. The first-order chi connectivity index (χ1) is 9.02. The molecule has 19 heavy (non-hydrogen) atoms. The third-order valence-electron chi connectivity index (χ3n) is 2.82. The molecule has 0 fully saturated rings. The largest absolute Gasteiger partial charge is 0.487 e. The molecular formula is C13H14Cl2N2O2. The van der Waals surface area contributed by atoms with Gasteiger partial charge in [0.1, 0.15) is 17.5 Å². The second kappa shape index (κ2) is 5.82. The zero-order chi connectivity index (χ0) is 14.0. The van der Waals surface area contributed by atoms with Crippen LogP contribution in [0.1, 0.15) is 16.8 Å². The fourth-order valence-corrected chi connectivity index (χ4v) is 2.23. The second-order valence-electron chi connectivity index (χ2n) is 4.19. The van der Waals surface area contributed by atoms with Gasteiger partial charge in [0.25, 0.3) is 0 Å². The van der Waals surface area contributed by atoms with Gasteiger partial charge >= 0.3 is 0 Å². The van der Waals surface area contributed by atoms with E-state index in [4.69, 9.17) is 33.0 Å². The summed E-state index contributed by atoms with van der Waals surface area (Å²) in [7, 11) is 1.78. The van der Waals surface area contributed by atoms with Crippen molar-refractivity contribution >= 4 is 23.2 Å². The van der Waals surface area contributed by atoms with E-state index in [1.807, 2.05) is 6.92 Å². The highest BCUT2D eigenvalue weighted by atomic mass is 35.5. The van der Waals surface area contributed by atoms with Crippen molar-refractivity contribution in [2.24, 2.45) is 7.05 Å². The summed E-state index contributed by atoms with van der Waals surface area (Å²) in [4.78, 5) is 0. The summed E-state index contributed by atoms with van der Waals surface area (Å²) >= 11 is 12.2. The van der Waals surface area contributed by atoms with Crippen LogP contribution in [0.2, 0.25) is 10.2 Å². The van der Waals surface area contributed by atoms with Crippen LogP contribution in [0.25, 0.3) is 0 Å². The van der Waals surface area contributed by atoms with Crippen molar-refractivity contribution in [2.75, 3.05) is 0 Å². The number of aromatic nitrogens is 2. The standard InChI is InChI=1S/C13H14Cl2N2O2/c1-8-10(13(15)17(2)16-8)7-19-12-4-3-9(6-18)5-11(12)14/h3-5,18H,6-7H2,1-2H3. The van der Waals surface area contributed by atoms with Gasteiger partial charge in [-0.05, 0) is 24.6 Å². The molecule has 4 nitrogen and oxygen atoms in total. The Kier molecular flexibility index (Phi) is 4.34. The number of aryl methyl sites for hydroxylation is 2. The molecule has 1 N–H and O–H groups in total. The Morgan fingerprint density at radius 3 is 2.63 bits per heavy atom. The molecule has 1 heterocycles. The predicted molar refractivity (Wildman–Crippen MR) is 74.7 cm³/mol. The summed E-state index contributed by atoms with van der Waals surface area (Å²) in [6.07, 6.45) is 0. The van der Waals surface area contributed by atoms with Crippen molar-refractivity contribution in [1.29, 1.82) is 0 Å². The number of nitrogens with zero attached hydrogens (tertiary/aromatic N) is 2. The summed E-state index contributed by atoms with van der Waals surface area (Å²) in [6.45, 7) is 2.13. The van der Waals surface area contributed by atoms with E-state index in [1.54, 1.807) is 29.9 Å². The number of hydrogen-bond acceptors (Lipinski definition) is 3. The Balaban J connectivity index is 2.14. The Bertz CT molecular complexity index is 597. The molecule has 0 aliphatic heterocycles. The first kappa shape index (κ1) is 14.2. The number of benzene rings is 1. The van der Waals surface area contributed by atoms with Gasteiger partial charge in [-0.15, -0.1) is 0 Å². The van der Waals surface area contributed by atoms with Crippen molar-refractivity contribution in [3.8, 4) is 5.75 Å². The van der Waals surface area contributed by atoms with Crippen LogP contribution in [0, 0.1) is 6.92 Å². The highest BCUT2D eigenvalue weighted by molar-refractivity contribution is 6.32. The van der Waals surface area contributed by atoms with Gasteiger partial charge in [0.05, 0.1) is 17.3 Å². The molecule has 102 valence electrons. The fourth-order valence-electron chi connectivity index (χ4n) is 1.75. The van der Waals surface area contributed by atoms with Crippen molar-refractivity contribution < 1.29 is 9.84 Å². The maximum Gasteiger partial charge on any atom is 0.138 e. The second-order valence-corrected chi connectivity index (χ2v) is 4.96. The molecule has 0 amide bonds. The van der Waals surface area contributed by atoms with Crippen molar-refractivity contribution in [1.82, 2.24) is 9.78 Å². The molecule has 0 spiro atoms. The van der Waals surface area contributed by atoms with Crippen molar-refractivity contribution in [3.05, 3.63) is 45.2 Å². The molecule has 0 atom stereocenters. The molecule has 0 aliphatic rings. The lowest BCUT2D eigenvalue weighted by Gasteiger charge is -2.09. The molecule has 0 aliphatic carbocycles. The van der Waals surface area contributed by atoms with Crippen LogP contribution < -0.4 is 4.74 Å². The number of rotatable bonds is 4. The van der Waals surface area contributed by atoms with E-state index in [-0.39, 0.29) is 6.61 Å². The fraction of sp³-hybridized carbons (Fsp3) is 0.308. The SMILES string of the molecule is Cc1nn(C)c(Cl)c1COc1ccc(CO)cc1Cl. The molecule has 0 radical (unpaired) electrons. The monoisotopic (exact) mass is 300 g/mol. The summed E-state index contributed by atoms with van der Waals surface area (Å²) in [5.41, 5.74) is 2.41. The molecule has 2 aromatic rings. The lowest BCUT2D eigenvalue weighted by atomic mass is 10.2. The van der Waals surface area contributed by atoms with Crippen LogP contribution in [0.5, 0.6) is 5.75 Å². The van der Waals surface area contributed by atoms with Crippen LogP contribution in [0.4, 0.5) is 0 Å². The van der Waals surface area contributed by atoms with Crippen molar-refractivity contribution in [3.63, 3.8) is 0 Å². The van der Waals surface area contributed by atoms with E-state index >= 15 is 0 Å². The quantitative estimate of drug-likeness (QED) is 0.944.